The summed E-state index contributed by atoms with van der Waals surface area (Å²) in [7, 11) is 0. The minimum atomic E-state index is -0.277. The van der Waals surface area contributed by atoms with E-state index in [1.165, 1.54) is 23.5 Å². The predicted molar refractivity (Wildman–Crippen MR) is 74.1 cm³/mol. The van der Waals surface area contributed by atoms with Gasteiger partial charge >= 0.3 is 0 Å². The number of carbonyl (C=O) groups excluding carboxylic acids is 1. The van der Waals surface area contributed by atoms with Gasteiger partial charge in [-0.3, -0.25) is 9.78 Å². The molecule has 4 heteroatoms. The first-order chi connectivity index (χ1) is 9.22. The Labute approximate surface area is 113 Å². The molecule has 94 valence electrons. The standard InChI is InChI=1S/C15H10FNOS/c16-12-4-3-11-7-15(19-14(11)8-12)13(18)6-10-2-1-5-17-9-10/h1-5,7-9H,6H2. The molecule has 19 heavy (non-hydrogen) atoms. The van der Waals surface area contributed by atoms with Crippen molar-refractivity contribution < 1.29 is 9.18 Å². The van der Waals surface area contributed by atoms with Crippen molar-refractivity contribution >= 4 is 27.2 Å². The SMILES string of the molecule is O=C(Cc1cccnc1)c1cc2ccc(F)cc2s1. The second kappa shape index (κ2) is 4.90. The van der Waals surface area contributed by atoms with Gasteiger partial charge in [0.05, 0.1) is 4.88 Å². The highest BCUT2D eigenvalue weighted by Gasteiger charge is 2.11. The van der Waals surface area contributed by atoms with Crippen LogP contribution in [0, 0.1) is 5.82 Å². The Kier molecular flexibility index (Phi) is 3.09. The van der Waals surface area contributed by atoms with Crippen LogP contribution in [0.2, 0.25) is 0 Å². The van der Waals surface area contributed by atoms with E-state index in [-0.39, 0.29) is 11.6 Å². The number of hydrogen-bond acceptors (Lipinski definition) is 3. The van der Waals surface area contributed by atoms with Gasteiger partial charge in [-0.1, -0.05) is 12.1 Å². The van der Waals surface area contributed by atoms with Gasteiger partial charge in [0, 0.05) is 23.5 Å². The van der Waals surface area contributed by atoms with Crippen LogP contribution in [0.3, 0.4) is 0 Å². The van der Waals surface area contributed by atoms with E-state index in [2.05, 4.69) is 4.98 Å². The maximum absolute atomic E-state index is 13.1. The molecule has 0 amide bonds. The molecule has 0 spiro atoms. The molecule has 2 nitrogen and oxygen atoms in total. The highest BCUT2D eigenvalue weighted by atomic mass is 32.1. The number of aromatic nitrogens is 1. The third-order valence-corrected chi connectivity index (χ3v) is 3.98. The number of halogens is 1. The number of Topliss-reactive ketones (excluding diaryl/α,β-unsaturated/α-hetero) is 1. The third kappa shape index (κ3) is 2.53. The number of ketones is 1. The third-order valence-electron chi connectivity index (χ3n) is 2.84. The van der Waals surface area contributed by atoms with Gasteiger partial charge in [-0.2, -0.15) is 0 Å². The van der Waals surface area contributed by atoms with Crippen LogP contribution in [0.1, 0.15) is 15.2 Å². The Morgan fingerprint density at radius 1 is 1.26 bits per heavy atom. The van der Waals surface area contributed by atoms with Crippen molar-refractivity contribution in [3.8, 4) is 0 Å². The largest absolute Gasteiger partial charge is 0.293 e. The molecular weight excluding hydrogens is 261 g/mol. The van der Waals surface area contributed by atoms with Gasteiger partial charge in [-0.05, 0) is 35.2 Å². The first kappa shape index (κ1) is 12.0. The van der Waals surface area contributed by atoms with E-state index in [0.29, 0.717) is 11.3 Å². The van der Waals surface area contributed by atoms with Crippen molar-refractivity contribution in [2.24, 2.45) is 0 Å². The number of pyridine rings is 1. The first-order valence-electron chi connectivity index (χ1n) is 5.83. The Morgan fingerprint density at radius 3 is 2.95 bits per heavy atom. The zero-order valence-electron chi connectivity index (χ0n) is 9.97. The van der Waals surface area contributed by atoms with Crippen LogP contribution >= 0.6 is 11.3 Å². The maximum atomic E-state index is 13.1. The van der Waals surface area contributed by atoms with E-state index in [9.17, 15) is 9.18 Å². The molecule has 0 fully saturated rings. The first-order valence-corrected chi connectivity index (χ1v) is 6.65. The number of hydrogen-bond donors (Lipinski definition) is 0. The van der Waals surface area contributed by atoms with Crippen LogP contribution < -0.4 is 0 Å². The highest BCUT2D eigenvalue weighted by Crippen LogP contribution is 2.27. The summed E-state index contributed by atoms with van der Waals surface area (Å²) in [4.78, 5) is 16.8. The lowest BCUT2D eigenvalue weighted by Crippen LogP contribution is -2.00. The van der Waals surface area contributed by atoms with Crippen LogP contribution in [0.5, 0.6) is 0 Å². The van der Waals surface area contributed by atoms with Crippen molar-refractivity contribution in [1.82, 2.24) is 4.98 Å². The smallest absolute Gasteiger partial charge is 0.177 e. The topological polar surface area (TPSA) is 30.0 Å². The van der Waals surface area contributed by atoms with Gasteiger partial charge in [0.1, 0.15) is 5.82 Å². The lowest BCUT2D eigenvalue weighted by molar-refractivity contribution is 0.0997. The van der Waals surface area contributed by atoms with Crippen molar-refractivity contribution in [3.05, 3.63) is 65.0 Å². The predicted octanol–water partition coefficient (Wildman–Crippen LogP) is 3.86. The number of carbonyl (C=O) groups is 1. The van der Waals surface area contributed by atoms with E-state index < -0.39 is 0 Å². The maximum Gasteiger partial charge on any atom is 0.177 e. The molecule has 0 saturated carbocycles. The van der Waals surface area contributed by atoms with Crippen molar-refractivity contribution in [1.29, 1.82) is 0 Å². The average molecular weight is 271 g/mol. The molecule has 2 aromatic heterocycles. The van der Waals surface area contributed by atoms with Crippen LogP contribution in [-0.4, -0.2) is 10.8 Å². The van der Waals surface area contributed by atoms with Crippen LogP contribution in [0.25, 0.3) is 10.1 Å². The molecule has 0 radical (unpaired) electrons. The van der Waals surface area contributed by atoms with Gasteiger partial charge in [0.2, 0.25) is 0 Å². The number of benzene rings is 1. The number of fused-ring (bicyclic) bond motifs is 1. The normalized spacial score (nSPS) is 10.8. The van der Waals surface area contributed by atoms with Gasteiger partial charge in [-0.25, -0.2) is 4.39 Å². The summed E-state index contributed by atoms with van der Waals surface area (Å²) in [6.45, 7) is 0. The monoisotopic (exact) mass is 271 g/mol. The summed E-state index contributed by atoms with van der Waals surface area (Å²) in [5.41, 5.74) is 0.885. The summed E-state index contributed by atoms with van der Waals surface area (Å²) in [5.74, 6) is -0.241. The Balaban J connectivity index is 1.89. The summed E-state index contributed by atoms with van der Waals surface area (Å²) < 4.78 is 13.9. The van der Waals surface area contributed by atoms with E-state index in [0.717, 1.165) is 15.6 Å². The van der Waals surface area contributed by atoms with Crippen molar-refractivity contribution in [2.75, 3.05) is 0 Å². The molecule has 0 bridgehead atoms. The summed E-state index contributed by atoms with van der Waals surface area (Å²) in [6.07, 6.45) is 3.68. The van der Waals surface area contributed by atoms with E-state index in [1.807, 2.05) is 18.2 Å². The number of nitrogens with zero attached hydrogens (tertiary/aromatic N) is 1. The molecule has 3 aromatic rings. The van der Waals surface area contributed by atoms with Crippen LogP contribution in [0.15, 0.2) is 48.8 Å². The van der Waals surface area contributed by atoms with Crippen LogP contribution in [0.4, 0.5) is 4.39 Å². The van der Waals surface area contributed by atoms with Gasteiger partial charge < -0.3 is 0 Å². The molecule has 0 aliphatic rings. The fourth-order valence-corrected chi connectivity index (χ4v) is 2.94. The Morgan fingerprint density at radius 2 is 2.16 bits per heavy atom. The summed E-state index contributed by atoms with van der Waals surface area (Å²) in [6, 6.07) is 10.1. The Bertz CT molecular complexity index is 736. The molecule has 0 unspecified atom stereocenters. The number of rotatable bonds is 3. The van der Waals surface area contributed by atoms with Gasteiger partial charge in [0.25, 0.3) is 0 Å². The molecule has 0 aliphatic carbocycles. The second-order valence-corrected chi connectivity index (χ2v) is 5.34. The highest BCUT2D eigenvalue weighted by molar-refractivity contribution is 7.20. The molecule has 2 heterocycles. The lowest BCUT2D eigenvalue weighted by atomic mass is 10.1. The van der Waals surface area contributed by atoms with E-state index >= 15 is 0 Å². The molecule has 1 aromatic carbocycles. The van der Waals surface area contributed by atoms with Crippen LogP contribution in [-0.2, 0) is 6.42 Å². The minimum absolute atomic E-state index is 0.0367. The fraction of sp³-hybridized carbons (Fsp3) is 0.0667. The molecule has 0 N–H and O–H groups in total. The molecule has 3 rings (SSSR count). The quantitative estimate of drug-likeness (QED) is 0.677. The zero-order chi connectivity index (χ0) is 13.2. The van der Waals surface area contributed by atoms with E-state index in [1.54, 1.807) is 18.5 Å². The zero-order valence-corrected chi connectivity index (χ0v) is 10.8. The second-order valence-electron chi connectivity index (χ2n) is 4.25. The molecule has 0 atom stereocenters. The fourth-order valence-electron chi connectivity index (χ4n) is 1.92. The van der Waals surface area contributed by atoms with Gasteiger partial charge in [-0.15, -0.1) is 11.3 Å². The van der Waals surface area contributed by atoms with Crippen molar-refractivity contribution in [2.45, 2.75) is 6.42 Å². The summed E-state index contributed by atoms with van der Waals surface area (Å²) >= 11 is 1.33. The molecule has 0 saturated heterocycles. The van der Waals surface area contributed by atoms with E-state index in [4.69, 9.17) is 0 Å². The van der Waals surface area contributed by atoms with Crippen molar-refractivity contribution in [3.63, 3.8) is 0 Å². The lowest BCUT2D eigenvalue weighted by Gasteiger charge is -1.97. The number of thiophene rings is 1. The summed E-state index contributed by atoms with van der Waals surface area (Å²) in [5, 5.41) is 0.904. The Hall–Kier alpha value is -2.07. The van der Waals surface area contributed by atoms with Gasteiger partial charge in [0.15, 0.2) is 5.78 Å². The average Bonchev–Trinajstić information content (AvgIpc) is 2.83. The minimum Gasteiger partial charge on any atom is -0.293 e. The molecular formula is C15H10FNOS. The molecule has 0 aliphatic heterocycles.